The van der Waals surface area contributed by atoms with Crippen molar-refractivity contribution in [3.05, 3.63) is 0 Å². The molecule has 21 heterocycles. The first kappa shape index (κ1) is 65.5. The Morgan fingerprint density at radius 3 is 0.593 bits per heavy atom. The van der Waals surface area contributed by atoms with Gasteiger partial charge in [-0.05, 0) is 19.5 Å². The quantitative estimate of drug-likeness (QED) is 0.0854. The molecule has 21 aliphatic rings. The normalized spacial score (nSPS) is 53.2. The maximum Gasteiger partial charge on any atom is 0.187 e. The molecule has 36 heteroatoms. The van der Waals surface area contributed by atoms with Gasteiger partial charge < -0.3 is 179 Å². The lowest BCUT2D eigenvalue weighted by Gasteiger charge is -2.50. The average molecular weight is 1190 g/mol. The van der Waals surface area contributed by atoms with Crippen molar-refractivity contribution in [2.75, 3.05) is 59.3 Å². The minimum atomic E-state index is -2.20. The summed E-state index contributed by atoms with van der Waals surface area (Å²) in [5.74, 6) is 0. The molecule has 0 aromatic carbocycles. The minimum Gasteiger partial charge on any atom is -0.394 e. The summed E-state index contributed by atoms with van der Waals surface area (Å²) in [5.41, 5.74) is 5.65. The number of ether oxygens (including phenoxy) is 14. The lowest BCUT2D eigenvalue weighted by molar-refractivity contribution is -0.396. The van der Waals surface area contributed by atoms with Gasteiger partial charge in [-0.1, -0.05) is 0 Å². The molecular weight excluding hydrogens is 1110 g/mol. The Balaban J connectivity index is 1.09. The Bertz CT molecular complexity index is 1900. The highest BCUT2D eigenvalue weighted by atomic mass is 16.8. The lowest BCUT2D eigenvalue weighted by atomic mass is 9.95. The van der Waals surface area contributed by atoms with Crippen molar-refractivity contribution in [1.82, 2.24) is 5.32 Å². The van der Waals surface area contributed by atoms with Crippen LogP contribution < -0.4 is 11.1 Å². The van der Waals surface area contributed by atoms with Crippen LogP contribution in [0.2, 0.25) is 0 Å². The van der Waals surface area contributed by atoms with Gasteiger partial charge in [0, 0.05) is 6.54 Å². The number of nitrogens with two attached hydrogens (primary N) is 1. The molecule has 81 heavy (non-hydrogen) atoms. The van der Waals surface area contributed by atoms with Gasteiger partial charge in [-0.3, -0.25) is 0 Å². The van der Waals surface area contributed by atoms with Crippen molar-refractivity contribution in [1.29, 1.82) is 0 Å². The molecule has 0 radical (unpaired) electrons. The number of rotatable bonds is 11. The molecule has 0 amide bonds. The molecule has 23 N–H and O–H groups in total. The third-order valence-corrected chi connectivity index (χ3v) is 15.5. The highest BCUT2D eigenvalue weighted by molar-refractivity contribution is 5.02. The highest BCUT2D eigenvalue weighted by Gasteiger charge is 2.59. The minimum absolute atomic E-state index is 0.234. The van der Waals surface area contributed by atoms with Crippen LogP contribution in [0.5, 0.6) is 0 Å². The third-order valence-electron chi connectivity index (χ3n) is 15.5. The molecule has 21 aliphatic heterocycles. The lowest BCUT2D eigenvalue weighted by Crippen LogP contribution is -2.68. The van der Waals surface area contributed by atoms with Crippen molar-refractivity contribution in [3.8, 4) is 0 Å². The van der Waals surface area contributed by atoms with Crippen molar-refractivity contribution in [2.24, 2.45) is 5.73 Å². The van der Waals surface area contributed by atoms with Gasteiger partial charge in [0.25, 0.3) is 0 Å². The number of aliphatic hydroxyl groups is 20. The van der Waals surface area contributed by atoms with Crippen molar-refractivity contribution in [3.63, 3.8) is 0 Å². The highest BCUT2D eigenvalue weighted by Crippen LogP contribution is 2.39. The number of aliphatic hydroxyl groups excluding tert-OH is 20. The number of hydrogen-bond donors (Lipinski definition) is 22. The van der Waals surface area contributed by atoms with E-state index in [9.17, 15) is 102 Å². The van der Waals surface area contributed by atoms with Crippen LogP contribution in [0.3, 0.4) is 0 Å². The summed E-state index contributed by atoms with van der Waals surface area (Å²) in [6, 6.07) is 0. The molecular formula is C45H78N2O34. The monoisotopic (exact) mass is 1190 g/mol. The first-order valence-corrected chi connectivity index (χ1v) is 26.4. The molecule has 0 spiro atoms. The van der Waals surface area contributed by atoms with Crippen LogP contribution in [0.15, 0.2) is 0 Å². The summed E-state index contributed by atoms with van der Waals surface area (Å²) >= 11 is 0. The summed E-state index contributed by atoms with van der Waals surface area (Å²) < 4.78 is 80.9. The molecule has 36 nitrogen and oxygen atoms in total. The Morgan fingerprint density at radius 1 is 0.247 bits per heavy atom. The van der Waals surface area contributed by atoms with E-state index in [1.54, 1.807) is 0 Å². The molecule has 472 valence electrons. The molecule has 0 aromatic rings. The SMILES string of the molecule is NCCCNC[C@H]1O[C@@H]2O[C@H]3[C@H](O)[C@@H](O)[C@@H](O[C@H]4[C@H](O)[C@@H](O)[C@@H](O[C@H]5[C@H](O)[C@@H](O)[C@@H](O[C@H]6[C@H](O)[C@@H](O)[C@@H](O[C@H]7[C@H](O)[C@@H](O)[C@@H](O[C@H]8[C@H](O)[C@@H](O)[C@@H](O[C@H]1[C@H](O)[C@H]2O)O[C@@H]8CO)O[C@@H]7CO)O[C@@H]6CO)O[C@@H]5CO)O[C@@H]4CO)O[C@@H]3CO. The first-order valence-electron chi connectivity index (χ1n) is 26.4. The summed E-state index contributed by atoms with van der Waals surface area (Å²) in [6.45, 7) is -5.95. The zero-order chi connectivity index (χ0) is 58.9. The van der Waals surface area contributed by atoms with Gasteiger partial charge in [0.2, 0.25) is 0 Å². The van der Waals surface area contributed by atoms with Crippen molar-refractivity contribution < 1.29 is 168 Å². The fourth-order valence-electron chi connectivity index (χ4n) is 10.9. The second-order valence-corrected chi connectivity index (χ2v) is 20.8. The van der Waals surface area contributed by atoms with Crippen LogP contribution in [-0.2, 0) is 66.3 Å². The van der Waals surface area contributed by atoms with E-state index in [1.165, 1.54) is 0 Å². The fourth-order valence-corrected chi connectivity index (χ4v) is 10.9. The Kier molecular flexibility index (Phi) is 23.1. The summed E-state index contributed by atoms with van der Waals surface area (Å²) in [5, 5.41) is 225. The van der Waals surface area contributed by atoms with Crippen LogP contribution in [0.1, 0.15) is 6.42 Å². The second-order valence-electron chi connectivity index (χ2n) is 20.8. The van der Waals surface area contributed by atoms with E-state index < -0.39 is 255 Å². The van der Waals surface area contributed by atoms with Crippen LogP contribution in [0.4, 0.5) is 0 Å². The van der Waals surface area contributed by atoms with Gasteiger partial charge in [-0.25, -0.2) is 0 Å². The van der Waals surface area contributed by atoms with Gasteiger partial charge in [-0.15, -0.1) is 0 Å². The molecule has 21 fully saturated rings. The van der Waals surface area contributed by atoms with E-state index in [0.29, 0.717) is 6.42 Å². The Morgan fingerprint density at radius 2 is 0.420 bits per heavy atom. The van der Waals surface area contributed by atoms with E-state index in [1.807, 2.05) is 0 Å². The predicted octanol–water partition coefficient (Wildman–Crippen LogP) is -15.3. The van der Waals surface area contributed by atoms with Gasteiger partial charge in [0.15, 0.2) is 44.0 Å². The largest absolute Gasteiger partial charge is 0.394 e. The van der Waals surface area contributed by atoms with Gasteiger partial charge in [0.05, 0.1) is 39.6 Å². The van der Waals surface area contributed by atoms with E-state index in [2.05, 4.69) is 5.32 Å². The molecule has 0 saturated carbocycles. The van der Waals surface area contributed by atoms with Crippen LogP contribution >= 0.6 is 0 Å². The summed E-state index contributed by atoms with van der Waals surface area (Å²) in [4.78, 5) is 0. The topological polar surface area (TPSA) is 572 Å². The third kappa shape index (κ3) is 13.5. The van der Waals surface area contributed by atoms with Gasteiger partial charge >= 0.3 is 0 Å². The Hall–Kier alpha value is -1.44. The van der Waals surface area contributed by atoms with E-state index in [4.69, 9.17) is 72.0 Å². The molecule has 0 aliphatic carbocycles. The van der Waals surface area contributed by atoms with Crippen LogP contribution in [-0.4, -0.2) is 376 Å². The van der Waals surface area contributed by atoms with Crippen LogP contribution in [0.25, 0.3) is 0 Å². The smallest absolute Gasteiger partial charge is 0.187 e. The zero-order valence-corrected chi connectivity index (χ0v) is 43.0. The maximum atomic E-state index is 11.7. The standard InChI is InChI=1S/C45H78N2O34/c46-2-1-3-47-4-11-32-18(54)25(61)39(68-11)76-33-12(5-48)70-41(27(63)20(33)56)78-35-14(7-50)72-43(29(65)22(35)58)80-37-16(9-52)74-45(31(67)24(37)60)81-38-17(10-53)73-44(30(66)23(38)59)79-36-15(8-51)71-42(28(64)21(36)57)77-34-13(6-49)69-40(75-32)26(62)19(34)55/h11-45,47-67H,1-10,46H2/t11-,12-,13-,14-,15-,16-,17-,18-,19-,20-,21-,22-,23-,24-,25-,26-,27-,28-,29-,30-,31-,32-,33-,34-,35-,36-,37-,38-,39-,40-,41-,42-,43-,44-,45-/m1/s1. The summed E-state index contributed by atoms with van der Waals surface area (Å²) in [7, 11) is 0. The maximum absolute atomic E-state index is 11.7. The van der Waals surface area contributed by atoms with E-state index in [0.717, 1.165) is 0 Å². The fraction of sp³-hybridized carbons (Fsp3) is 1.00. The second kappa shape index (κ2) is 28.6. The Labute approximate surface area is 459 Å². The van der Waals surface area contributed by atoms with Crippen molar-refractivity contribution in [2.45, 2.75) is 221 Å². The molecule has 14 bridgehead atoms. The van der Waals surface area contributed by atoms with Gasteiger partial charge in [-0.2, -0.15) is 0 Å². The summed E-state index contributed by atoms with van der Waals surface area (Å²) in [6.07, 6.45) is -68.6. The van der Waals surface area contributed by atoms with Crippen molar-refractivity contribution >= 4 is 0 Å². The molecule has 21 rings (SSSR count). The molecule has 21 saturated heterocycles. The number of hydrogen-bond acceptors (Lipinski definition) is 36. The average Bonchev–Trinajstić information content (AvgIpc) is 3.47. The molecule has 35 atom stereocenters. The predicted molar refractivity (Wildman–Crippen MR) is 248 cm³/mol. The molecule has 0 unspecified atom stereocenters. The van der Waals surface area contributed by atoms with E-state index in [-0.39, 0.29) is 19.6 Å². The zero-order valence-electron chi connectivity index (χ0n) is 43.0. The van der Waals surface area contributed by atoms with Crippen LogP contribution in [0, 0.1) is 0 Å². The van der Waals surface area contributed by atoms with Gasteiger partial charge in [0.1, 0.15) is 171 Å². The first-order chi connectivity index (χ1) is 38.7. The molecule has 0 aromatic heterocycles. The van der Waals surface area contributed by atoms with E-state index >= 15 is 0 Å². The number of nitrogens with one attached hydrogen (secondary N) is 1.